The maximum atomic E-state index is 5.86. The van der Waals surface area contributed by atoms with Crippen LogP contribution in [0.5, 0.6) is 11.5 Å². The zero-order chi connectivity index (χ0) is 15.0. The van der Waals surface area contributed by atoms with Crippen LogP contribution in [0.4, 0.5) is 0 Å². The normalized spacial score (nSPS) is 13.8. The van der Waals surface area contributed by atoms with Crippen molar-refractivity contribution in [3.8, 4) is 11.5 Å². The Bertz CT molecular complexity index is 391. The molecular formula is C17H29NO2. The molecule has 0 aliphatic heterocycles. The van der Waals surface area contributed by atoms with Gasteiger partial charge in [0.25, 0.3) is 0 Å². The third-order valence-corrected chi connectivity index (χ3v) is 3.58. The molecule has 1 aromatic rings. The summed E-state index contributed by atoms with van der Waals surface area (Å²) in [5.41, 5.74) is 7.18. The van der Waals surface area contributed by atoms with Crippen LogP contribution in [0.15, 0.2) is 18.2 Å². The van der Waals surface area contributed by atoms with E-state index >= 15 is 0 Å². The number of rotatable bonds is 9. The first kappa shape index (κ1) is 16.8. The summed E-state index contributed by atoms with van der Waals surface area (Å²) in [5, 5.41) is 0. The average Bonchev–Trinajstić information content (AvgIpc) is 2.45. The lowest BCUT2D eigenvalue weighted by molar-refractivity contribution is 0.294. The maximum absolute atomic E-state index is 5.86. The van der Waals surface area contributed by atoms with Gasteiger partial charge in [0.2, 0.25) is 0 Å². The first-order valence-corrected chi connectivity index (χ1v) is 7.68. The number of nitrogens with two attached hydrogens (primary N) is 1. The molecule has 114 valence electrons. The van der Waals surface area contributed by atoms with Gasteiger partial charge in [0, 0.05) is 6.04 Å². The van der Waals surface area contributed by atoms with Crippen LogP contribution in [-0.4, -0.2) is 19.8 Å². The van der Waals surface area contributed by atoms with Gasteiger partial charge in [0.15, 0.2) is 11.5 Å². The summed E-state index contributed by atoms with van der Waals surface area (Å²) in [5.74, 6) is 2.20. The number of benzene rings is 1. The van der Waals surface area contributed by atoms with Crippen LogP contribution in [-0.2, 0) is 0 Å². The second-order valence-electron chi connectivity index (χ2n) is 5.42. The number of hydrogen-bond acceptors (Lipinski definition) is 3. The van der Waals surface area contributed by atoms with E-state index in [1.807, 2.05) is 6.07 Å². The summed E-state index contributed by atoms with van der Waals surface area (Å²) in [6.45, 7) is 7.11. The molecule has 2 atom stereocenters. The minimum atomic E-state index is 0.262. The van der Waals surface area contributed by atoms with Gasteiger partial charge in [0.05, 0.1) is 13.7 Å². The monoisotopic (exact) mass is 279 g/mol. The quantitative estimate of drug-likeness (QED) is 0.740. The molecule has 0 aromatic heterocycles. The van der Waals surface area contributed by atoms with Crippen LogP contribution in [0, 0.1) is 0 Å². The summed E-state index contributed by atoms with van der Waals surface area (Å²) in [6, 6.07) is 6.56. The largest absolute Gasteiger partial charge is 0.493 e. The van der Waals surface area contributed by atoms with Crippen LogP contribution in [0.25, 0.3) is 0 Å². The van der Waals surface area contributed by atoms with Crippen molar-refractivity contribution in [2.75, 3.05) is 13.7 Å². The van der Waals surface area contributed by atoms with E-state index in [2.05, 4.69) is 32.9 Å². The molecule has 0 spiro atoms. The lowest BCUT2D eigenvalue weighted by Gasteiger charge is -2.19. The molecule has 0 saturated carbocycles. The maximum Gasteiger partial charge on any atom is 0.161 e. The summed E-state index contributed by atoms with van der Waals surface area (Å²) < 4.78 is 11.2. The molecule has 1 aromatic carbocycles. The van der Waals surface area contributed by atoms with Crippen LogP contribution >= 0.6 is 0 Å². The van der Waals surface area contributed by atoms with Crippen molar-refractivity contribution in [3.63, 3.8) is 0 Å². The highest BCUT2D eigenvalue weighted by Gasteiger charge is 2.13. The van der Waals surface area contributed by atoms with Crippen molar-refractivity contribution in [3.05, 3.63) is 23.8 Å². The molecular weight excluding hydrogens is 250 g/mol. The first-order chi connectivity index (χ1) is 9.62. The van der Waals surface area contributed by atoms with E-state index in [-0.39, 0.29) is 6.04 Å². The third-order valence-electron chi connectivity index (χ3n) is 3.58. The van der Waals surface area contributed by atoms with Crippen molar-refractivity contribution < 1.29 is 9.47 Å². The number of ether oxygens (including phenoxy) is 2. The molecule has 0 saturated heterocycles. The molecule has 3 heteroatoms. The van der Waals surface area contributed by atoms with Gasteiger partial charge in [-0.1, -0.05) is 19.9 Å². The average molecular weight is 279 g/mol. The summed E-state index contributed by atoms with van der Waals surface area (Å²) in [4.78, 5) is 0. The summed E-state index contributed by atoms with van der Waals surface area (Å²) in [7, 11) is 1.70. The third kappa shape index (κ3) is 5.04. The van der Waals surface area contributed by atoms with Gasteiger partial charge in [-0.3, -0.25) is 0 Å². The highest BCUT2D eigenvalue weighted by Crippen LogP contribution is 2.34. The molecule has 1 rings (SSSR count). The highest BCUT2D eigenvalue weighted by molar-refractivity contribution is 5.44. The zero-order valence-electron chi connectivity index (χ0n) is 13.3. The molecule has 0 radical (unpaired) electrons. The van der Waals surface area contributed by atoms with Crippen molar-refractivity contribution in [1.82, 2.24) is 0 Å². The minimum Gasteiger partial charge on any atom is -0.493 e. The molecule has 0 fully saturated rings. The Morgan fingerprint density at radius 3 is 2.45 bits per heavy atom. The van der Waals surface area contributed by atoms with E-state index < -0.39 is 0 Å². The predicted octanol–water partition coefficient (Wildman–Crippen LogP) is 4.11. The lowest BCUT2D eigenvalue weighted by atomic mass is 9.90. The van der Waals surface area contributed by atoms with Gasteiger partial charge in [-0.25, -0.2) is 0 Å². The standard InChI is InChI=1S/C17H29NO2/c1-5-11-20-16-10-9-15(12-17(16)19-4)14(6-2)8-7-13(3)18/h9-10,12-14H,5-8,11,18H2,1-4H3. The Morgan fingerprint density at radius 2 is 1.90 bits per heavy atom. The van der Waals surface area contributed by atoms with Crippen molar-refractivity contribution in [2.45, 2.75) is 58.4 Å². The lowest BCUT2D eigenvalue weighted by Crippen LogP contribution is -2.15. The smallest absolute Gasteiger partial charge is 0.161 e. The summed E-state index contributed by atoms with van der Waals surface area (Å²) >= 11 is 0. The fourth-order valence-corrected chi connectivity index (χ4v) is 2.34. The highest BCUT2D eigenvalue weighted by atomic mass is 16.5. The first-order valence-electron chi connectivity index (χ1n) is 7.68. The van der Waals surface area contributed by atoms with Gasteiger partial charge in [-0.15, -0.1) is 0 Å². The number of methoxy groups -OCH3 is 1. The fourth-order valence-electron chi connectivity index (χ4n) is 2.34. The van der Waals surface area contributed by atoms with Crippen molar-refractivity contribution in [1.29, 1.82) is 0 Å². The Balaban J connectivity index is 2.83. The molecule has 0 bridgehead atoms. The minimum absolute atomic E-state index is 0.262. The van der Waals surface area contributed by atoms with Crippen molar-refractivity contribution >= 4 is 0 Å². The van der Waals surface area contributed by atoms with Crippen LogP contribution < -0.4 is 15.2 Å². The Hall–Kier alpha value is -1.22. The zero-order valence-corrected chi connectivity index (χ0v) is 13.3. The Kier molecular flexibility index (Phi) is 7.45. The molecule has 20 heavy (non-hydrogen) atoms. The van der Waals surface area contributed by atoms with Crippen molar-refractivity contribution in [2.24, 2.45) is 5.73 Å². The van der Waals surface area contributed by atoms with Gasteiger partial charge in [-0.05, 0) is 56.2 Å². The van der Waals surface area contributed by atoms with Crippen LogP contribution in [0.2, 0.25) is 0 Å². The van der Waals surface area contributed by atoms with E-state index in [1.54, 1.807) is 7.11 Å². The molecule has 2 N–H and O–H groups in total. The van der Waals surface area contributed by atoms with Crippen LogP contribution in [0.1, 0.15) is 57.9 Å². The molecule has 0 amide bonds. The van der Waals surface area contributed by atoms with E-state index in [1.165, 1.54) is 5.56 Å². The topological polar surface area (TPSA) is 44.5 Å². The molecule has 3 nitrogen and oxygen atoms in total. The second-order valence-corrected chi connectivity index (χ2v) is 5.42. The SMILES string of the molecule is CCCOc1ccc(C(CC)CCC(C)N)cc1OC. The Labute approximate surface area is 123 Å². The van der Waals surface area contributed by atoms with Crippen LogP contribution in [0.3, 0.4) is 0 Å². The van der Waals surface area contributed by atoms with E-state index in [0.717, 1.165) is 43.8 Å². The van der Waals surface area contributed by atoms with Gasteiger partial charge in [0.1, 0.15) is 0 Å². The summed E-state index contributed by atoms with van der Waals surface area (Å²) in [6.07, 6.45) is 4.28. The van der Waals surface area contributed by atoms with Gasteiger partial charge >= 0.3 is 0 Å². The van der Waals surface area contributed by atoms with E-state index in [9.17, 15) is 0 Å². The van der Waals surface area contributed by atoms with E-state index in [0.29, 0.717) is 5.92 Å². The fraction of sp³-hybridized carbons (Fsp3) is 0.647. The molecule has 2 unspecified atom stereocenters. The van der Waals surface area contributed by atoms with Gasteiger partial charge < -0.3 is 15.2 Å². The second kappa shape index (κ2) is 8.85. The predicted molar refractivity (Wildman–Crippen MR) is 84.7 cm³/mol. The van der Waals surface area contributed by atoms with E-state index in [4.69, 9.17) is 15.2 Å². The Morgan fingerprint density at radius 1 is 1.15 bits per heavy atom. The molecule has 0 heterocycles. The number of hydrogen-bond donors (Lipinski definition) is 1. The molecule has 0 aliphatic rings. The van der Waals surface area contributed by atoms with Gasteiger partial charge in [-0.2, -0.15) is 0 Å². The molecule has 0 aliphatic carbocycles.